The minimum absolute atomic E-state index is 0.120. The third-order valence-corrected chi connectivity index (χ3v) is 3.57. The molecule has 4 rings (SSSR count). The molecule has 4 heteroatoms. The van der Waals surface area contributed by atoms with Gasteiger partial charge in [0.05, 0.1) is 16.6 Å². The molecule has 0 aliphatic heterocycles. The van der Waals surface area contributed by atoms with Crippen LogP contribution in [0.5, 0.6) is 0 Å². The lowest BCUT2D eigenvalue weighted by atomic mass is 10.1. The van der Waals surface area contributed by atoms with Crippen molar-refractivity contribution in [3.05, 3.63) is 59.0 Å². The van der Waals surface area contributed by atoms with Crippen LogP contribution in [0.2, 0.25) is 0 Å². The number of hydrogen-bond donors (Lipinski definition) is 0. The second-order valence-electron chi connectivity index (χ2n) is 4.64. The molecule has 4 aromatic rings. The van der Waals surface area contributed by atoms with Crippen molar-refractivity contribution in [1.29, 1.82) is 0 Å². The highest BCUT2D eigenvalue weighted by Gasteiger charge is 2.12. The maximum Gasteiger partial charge on any atom is 0.349 e. The zero-order valence-electron chi connectivity index (χ0n) is 10.4. The van der Waals surface area contributed by atoms with Crippen LogP contribution in [0.25, 0.3) is 27.3 Å². The molecule has 4 nitrogen and oxygen atoms in total. The molecule has 2 aromatic carbocycles. The van der Waals surface area contributed by atoms with Gasteiger partial charge in [0.25, 0.3) is 0 Å². The molecule has 0 amide bonds. The van der Waals surface area contributed by atoms with E-state index in [1.54, 1.807) is 11.6 Å². The van der Waals surface area contributed by atoms with Crippen LogP contribution >= 0.6 is 0 Å². The molecular formula is C15H11N3O. The van der Waals surface area contributed by atoms with Crippen LogP contribution in [0.15, 0.2) is 53.3 Å². The molecule has 0 fully saturated rings. The molecule has 0 saturated carbocycles. The fraction of sp³-hybridized carbons (Fsp3) is 0.0667. The Morgan fingerprint density at radius 1 is 0.947 bits per heavy atom. The van der Waals surface area contributed by atoms with Crippen molar-refractivity contribution < 1.29 is 0 Å². The lowest BCUT2D eigenvalue weighted by Gasteiger charge is -2.06. The number of rotatable bonds is 0. The zero-order chi connectivity index (χ0) is 13.0. The summed E-state index contributed by atoms with van der Waals surface area (Å²) in [6, 6.07) is 15.7. The molecule has 0 radical (unpaired) electrons. The highest BCUT2D eigenvalue weighted by molar-refractivity contribution is 6.08. The molecule has 0 unspecified atom stereocenters. The summed E-state index contributed by atoms with van der Waals surface area (Å²) in [6.07, 6.45) is 0. The number of para-hydroxylation sites is 1. The van der Waals surface area contributed by atoms with E-state index in [0.717, 1.165) is 27.3 Å². The number of aryl methyl sites for hydroxylation is 1. The Morgan fingerprint density at radius 2 is 1.63 bits per heavy atom. The van der Waals surface area contributed by atoms with Gasteiger partial charge in [-0.05, 0) is 12.1 Å². The number of nitrogens with zero attached hydrogens (tertiary/aromatic N) is 3. The fourth-order valence-electron chi connectivity index (χ4n) is 2.64. The molecule has 0 N–H and O–H groups in total. The van der Waals surface area contributed by atoms with E-state index >= 15 is 0 Å². The van der Waals surface area contributed by atoms with Crippen LogP contribution in [0.1, 0.15) is 0 Å². The Morgan fingerprint density at radius 3 is 2.47 bits per heavy atom. The smallest absolute Gasteiger partial charge is 0.295 e. The second-order valence-corrected chi connectivity index (χ2v) is 4.64. The number of aromatic nitrogens is 3. The Kier molecular flexibility index (Phi) is 1.87. The van der Waals surface area contributed by atoms with E-state index in [4.69, 9.17) is 0 Å². The van der Waals surface area contributed by atoms with Crippen LogP contribution in [-0.4, -0.2) is 14.2 Å². The van der Waals surface area contributed by atoms with E-state index in [1.807, 2.05) is 48.5 Å². The van der Waals surface area contributed by atoms with E-state index in [1.165, 1.54) is 4.52 Å². The SMILES string of the molecule is Cn1c(=O)n2nc3ccccc3c2c2ccccc21. The van der Waals surface area contributed by atoms with Gasteiger partial charge in [-0.3, -0.25) is 4.57 Å². The molecule has 0 bridgehead atoms. The minimum atomic E-state index is -0.120. The first-order valence-corrected chi connectivity index (χ1v) is 6.12. The molecule has 0 atom stereocenters. The van der Waals surface area contributed by atoms with Gasteiger partial charge in [0.2, 0.25) is 0 Å². The van der Waals surface area contributed by atoms with Crippen LogP contribution in [0, 0.1) is 0 Å². The van der Waals surface area contributed by atoms with Crippen molar-refractivity contribution in [3.8, 4) is 0 Å². The predicted molar refractivity (Wildman–Crippen MR) is 75.4 cm³/mol. The highest BCUT2D eigenvalue weighted by atomic mass is 16.1. The Labute approximate surface area is 108 Å². The predicted octanol–water partition coefficient (Wildman–Crippen LogP) is 2.34. The Balaban J connectivity index is 2.47. The van der Waals surface area contributed by atoms with Crippen molar-refractivity contribution in [2.75, 3.05) is 0 Å². The molecule has 2 heterocycles. The lowest BCUT2D eigenvalue weighted by Crippen LogP contribution is -2.25. The van der Waals surface area contributed by atoms with Crippen LogP contribution in [0.4, 0.5) is 0 Å². The summed E-state index contributed by atoms with van der Waals surface area (Å²) in [5.41, 5.74) is 2.53. The standard InChI is InChI=1S/C15H11N3O/c1-17-13-9-5-3-7-11(13)14-10-6-2-4-8-12(10)16-18(14)15(17)19/h2-9H,1H3. The summed E-state index contributed by atoms with van der Waals surface area (Å²) in [5, 5.41) is 6.46. The minimum Gasteiger partial charge on any atom is -0.295 e. The van der Waals surface area contributed by atoms with E-state index in [2.05, 4.69) is 5.10 Å². The molecule has 2 aromatic heterocycles. The summed E-state index contributed by atoms with van der Waals surface area (Å²) in [5.74, 6) is 0. The van der Waals surface area contributed by atoms with Crippen molar-refractivity contribution in [1.82, 2.24) is 14.2 Å². The first-order chi connectivity index (χ1) is 9.27. The molecule has 0 aliphatic rings. The van der Waals surface area contributed by atoms with Gasteiger partial charge < -0.3 is 0 Å². The van der Waals surface area contributed by atoms with Crippen LogP contribution in [-0.2, 0) is 7.05 Å². The first-order valence-electron chi connectivity index (χ1n) is 6.12. The zero-order valence-corrected chi connectivity index (χ0v) is 10.4. The molecule has 0 saturated heterocycles. The average Bonchev–Trinajstić information content (AvgIpc) is 2.84. The Hall–Kier alpha value is -2.62. The van der Waals surface area contributed by atoms with Crippen molar-refractivity contribution in [2.45, 2.75) is 0 Å². The molecule has 19 heavy (non-hydrogen) atoms. The van der Waals surface area contributed by atoms with Gasteiger partial charge in [0, 0.05) is 17.8 Å². The van der Waals surface area contributed by atoms with Crippen molar-refractivity contribution >= 4 is 27.3 Å². The molecule has 92 valence electrons. The maximum absolute atomic E-state index is 12.4. The summed E-state index contributed by atoms with van der Waals surface area (Å²) in [6.45, 7) is 0. The highest BCUT2D eigenvalue weighted by Crippen LogP contribution is 2.25. The van der Waals surface area contributed by atoms with E-state index < -0.39 is 0 Å². The van der Waals surface area contributed by atoms with Crippen LogP contribution < -0.4 is 5.69 Å². The summed E-state index contributed by atoms with van der Waals surface area (Å²) >= 11 is 0. The van der Waals surface area contributed by atoms with Crippen molar-refractivity contribution in [3.63, 3.8) is 0 Å². The van der Waals surface area contributed by atoms with Crippen LogP contribution in [0.3, 0.4) is 0 Å². The fourth-order valence-corrected chi connectivity index (χ4v) is 2.64. The number of benzene rings is 2. The van der Waals surface area contributed by atoms with Gasteiger partial charge in [0.15, 0.2) is 0 Å². The second kappa shape index (κ2) is 3.45. The van der Waals surface area contributed by atoms with Gasteiger partial charge in [-0.25, -0.2) is 4.79 Å². The lowest BCUT2D eigenvalue weighted by molar-refractivity contribution is 0.778. The van der Waals surface area contributed by atoms with E-state index in [0.29, 0.717) is 0 Å². The third-order valence-electron chi connectivity index (χ3n) is 3.57. The summed E-state index contributed by atoms with van der Waals surface area (Å²) in [4.78, 5) is 12.4. The van der Waals surface area contributed by atoms with Crippen molar-refractivity contribution in [2.24, 2.45) is 7.05 Å². The monoisotopic (exact) mass is 249 g/mol. The van der Waals surface area contributed by atoms with Gasteiger partial charge in [0.1, 0.15) is 0 Å². The van der Waals surface area contributed by atoms with E-state index in [-0.39, 0.29) is 5.69 Å². The quantitative estimate of drug-likeness (QED) is 0.480. The third kappa shape index (κ3) is 1.23. The number of hydrogen-bond acceptors (Lipinski definition) is 2. The largest absolute Gasteiger partial charge is 0.349 e. The Bertz CT molecular complexity index is 995. The molecular weight excluding hydrogens is 238 g/mol. The van der Waals surface area contributed by atoms with Gasteiger partial charge in [-0.1, -0.05) is 36.4 Å². The molecule has 0 spiro atoms. The van der Waals surface area contributed by atoms with Gasteiger partial charge >= 0.3 is 5.69 Å². The summed E-state index contributed by atoms with van der Waals surface area (Å²) in [7, 11) is 1.77. The summed E-state index contributed by atoms with van der Waals surface area (Å²) < 4.78 is 3.13. The van der Waals surface area contributed by atoms with Gasteiger partial charge in [-0.2, -0.15) is 9.61 Å². The number of fused-ring (bicyclic) bond motifs is 5. The average molecular weight is 249 g/mol. The normalized spacial score (nSPS) is 11.6. The van der Waals surface area contributed by atoms with Gasteiger partial charge in [-0.15, -0.1) is 0 Å². The topological polar surface area (TPSA) is 39.3 Å². The first kappa shape index (κ1) is 10.3. The maximum atomic E-state index is 12.4. The molecule has 0 aliphatic carbocycles. The van der Waals surface area contributed by atoms with E-state index in [9.17, 15) is 4.79 Å².